The SMILES string of the molecule is CCCCCCCCCCCCCCCCCCC(CCCCCCCCCCCCCCCCCC)(C(=O)O)C(=O)OCc1cc(C(C)(C)C)cc(C(C)(C)C)c1O. The Morgan fingerprint density at radius 1 is 0.475 bits per heavy atom. The third kappa shape index (κ3) is 24.9. The van der Waals surface area contributed by atoms with E-state index in [2.05, 4.69) is 61.5 Å². The maximum atomic E-state index is 14.1. The Labute approximate surface area is 366 Å². The first-order chi connectivity index (χ1) is 28.2. The maximum Gasteiger partial charge on any atom is 0.323 e. The second kappa shape index (κ2) is 32.6. The summed E-state index contributed by atoms with van der Waals surface area (Å²) in [5.41, 5.74) is 0.363. The number of aromatic hydroxyl groups is 1. The minimum absolute atomic E-state index is 0.134. The summed E-state index contributed by atoms with van der Waals surface area (Å²) in [7, 11) is 0. The van der Waals surface area contributed by atoms with Gasteiger partial charge in [0.05, 0.1) is 0 Å². The fourth-order valence-electron chi connectivity index (χ4n) is 8.67. The van der Waals surface area contributed by atoms with Gasteiger partial charge in [0.25, 0.3) is 0 Å². The lowest BCUT2D eigenvalue weighted by atomic mass is 9.77. The monoisotopic (exact) mass is 827 g/mol. The number of hydrogen-bond acceptors (Lipinski definition) is 4. The Balaban J connectivity index is 2.71. The van der Waals surface area contributed by atoms with Crippen molar-refractivity contribution in [3.63, 3.8) is 0 Å². The molecule has 0 radical (unpaired) electrons. The molecular formula is C54H98O5. The molecule has 344 valence electrons. The Morgan fingerprint density at radius 2 is 0.780 bits per heavy atom. The zero-order chi connectivity index (χ0) is 43.8. The molecule has 0 saturated heterocycles. The number of ether oxygens (including phenoxy) is 1. The van der Waals surface area contributed by atoms with Crippen molar-refractivity contribution in [3.8, 4) is 5.75 Å². The number of hydrogen-bond donors (Lipinski definition) is 2. The van der Waals surface area contributed by atoms with Crippen LogP contribution in [0.3, 0.4) is 0 Å². The van der Waals surface area contributed by atoms with Crippen molar-refractivity contribution >= 4 is 11.9 Å². The van der Waals surface area contributed by atoms with Crippen LogP contribution in [0.25, 0.3) is 0 Å². The molecule has 0 heterocycles. The highest BCUT2D eigenvalue weighted by atomic mass is 16.5. The third-order valence-corrected chi connectivity index (χ3v) is 12.9. The molecule has 59 heavy (non-hydrogen) atoms. The summed E-state index contributed by atoms with van der Waals surface area (Å²) in [6, 6.07) is 3.97. The molecule has 0 aliphatic carbocycles. The van der Waals surface area contributed by atoms with Crippen LogP contribution in [0.2, 0.25) is 0 Å². The number of esters is 1. The number of carbonyl (C=O) groups excluding carboxylic acids is 1. The second-order valence-corrected chi connectivity index (χ2v) is 20.6. The van der Waals surface area contributed by atoms with Gasteiger partial charge in [0.1, 0.15) is 12.4 Å². The molecule has 0 spiro atoms. The smallest absolute Gasteiger partial charge is 0.323 e. The number of carbonyl (C=O) groups is 2. The van der Waals surface area contributed by atoms with Crippen molar-refractivity contribution in [2.24, 2.45) is 5.41 Å². The van der Waals surface area contributed by atoms with Crippen LogP contribution in [0.4, 0.5) is 0 Å². The first kappa shape index (κ1) is 55.0. The molecule has 0 bridgehead atoms. The Hall–Kier alpha value is -2.04. The van der Waals surface area contributed by atoms with E-state index in [1.807, 2.05) is 6.07 Å². The number of aliphatic carboxylic acids is 1. The largest absolute Gasteiger partial charge is 0.507 e. The number of phenols is 1. The lowest BCUT2D eigenvalue weighted by Crippen LogP contribution is -2.41. The number of unbranched alkanes of at least 4 members (excludes halogenated alkanes) is 30. The quantitative estimate of drug-likeness (QED) is 0.0394. The predicted octanol–water partition coefficient (Wildman–Crippen LogP) is 17.4. The van der Waals surface area contributed by atoms with E-state index in [0.29, 0.717) is 31.2 Å². The predicted molar refractivity (Wildman–Crippen MR) is 254 cm³/mol. The fraction of sp³-hybridized carbons (Fsp3) is 0.852. The Bertz CT molecular complexity index is 1170. The van der Waals surface area contributed by atoms with Gasteiger partial charge in [0.2, 0.25) is 0 Å². The highest BCUT2D eigenvalue weighted by Crippen LogP contribution is 2.39. The summed E-state index contributed by atoms with van der Waals surface area (Å²) >= 11 is 0. The fourth-order valence-corrected chi connectivity index (χ4v) is 8.67. The molecule has 1 aromatic carbocycles. The first-order valence-electron chi connectivity index (χ1n) is 25.5. The molecule has 5 heteroatoms. The van der Waals surface area contributed by atoms with Crippen molar-refractivity contribution in [3.05, 3.63) is 28.8 Å². The van der Waals surface area contributed by atoms with E-state index in [0.717, 1.165) is 36.8 Å². The van der Waals surface area contributed by atoms with Crippen LogP contribution in [-0.2, 0) is 31.8 Å². The van der Waals surface area contributed by atoms with E-state index in [1.54, 1.807) is 0 Å². The molecule has 0 aliphatic heterocycles. The average Bonchev–Trinajstić information content (AvgIpc) is 3.18. The van der Waals surface area contributed by atoms with E-state index in [-0.39, 0.29) is 23.2 Å². The maximum absolute atomic E-state index is 14.1. The van der Waals surface area contributed by atoms with E-state index in [9.17, 15) is 19.8 Å². The third-order valence-electron chi connectivity index (χ3n) is 12.9. The Kier molecular flexibility index (Phi) is 30.4. The summed E-state index contributed by atoms with van der Waals surface area (Å²) in [5, 5.41) is 22.1. The van der Waals surface area contributed by atoms with Gasteiger partial charge in [-0.1, -0.05) is 267 Å². The molecule has 0 fully saturated rings. The summed E-state index contributed by atoms with van der Waals surface area (Å²) in [6.07, 6.45) is 40.7. The molecular weight excluding hydrogens is 729 g/mol. The van der Waals surface area contributed by atoms with Crippen LogP contribution in [0.5, 0.6) is 5.75 Å². The van der Waals surface area contributed by atoms with E-state index >= 15 is 0 Å². The molecule has 5 nitrogen and oxygen atoms in total. The van der Waals surface area contributed by atoms with Crippen LogP contribution in [0, 0.1) is 5.41 Å². The molecule has 0 amide bonds. The van der Waals surface area contributed by atoms with Gasteiger partial charge in [-0.15, -0.1) is 0 Å². The molecule has 0 unspecified atom stereocenters. The standard InChI is InChI=1S/C54H98O5/c1-9-11-13-15-17-19-21-23-25-27-29-31-33-35-37-39-41-54(50(56)57,42-40-38-36-34-32-30-28-26-24-22-20-18-16-14-12-10-2)51(58)59-45-46-43-47(52(3,4)5)44-48(49(46)55)53(6,7)8/h43-44,55H,9-42,45H2,1-8H3,(H,56,57). The van der Waals surface area contributed by atoms with Gasteiger partial charge in [0, 0.05) is 5.56 Å². The van der Waals surface area contributed by atoms with Crippen LogP contribution >= 0.6 is 0 Å². The number of carboxylic acids is 1. The second-order valence-electron chi connectivity index (χ2n) is 20.6. The van der Waals surface area contributed by atoms with Crippen LogP contribution < -0.4 is 0 Å². The number of carboxylic acid groups (broad SMARTS) is 1. The van der Waals surface area contributed by atoms with E-state index in [4.69, 9.17) is 4.74 Å². The molecule has 1 aromatic rings. The van der Waals surface area contributed by atoms with Crippen molar-refractivity contribution < 1.29 is 24.5 Å². The average molecular weight is 827 g/mol. The summed E-state index contributed by atoms with van der Waals surface area (Å²) in [4.78, 5) is 27.2. The van der Waals surface area contributed by atoms with Gasteiger partial charge in [-0.2, -0.15) is 0 Å². The minimum Gasteiger partial charge on any atom is -0.507 e. The van der Waals surface area contributed by atoms with Crippen molar-refractivity contribution in [1.82, 2.24) is 0 Å². The minimum atomic E-state index is -1.56. The van der Waals surface area contributed by atoms with Crippen LogP contribution in [-0.4, -0.2) is 22.2 Å². The summed E-state index contributed by atoms with van der Waals surface area (Å²) < 4.78 is 5.95. The highest BCUT2D eigenvalue weighted by molar-refractivity contribution is 5.99. The number of benzene rings is 1. The summed E-state index contributed by atoms with van der Waals surface area (Å²) in [5.74, 6) is -1.58. The summed E-state index contributed by atoms with van der Waals surface area (Å²) in [6.45, 7) is 17.0. The topological polar surface area (TPSA) is 83.8 Å². The van der Waals surface area contributed by atoms with Crippen molar-refractivity contribution in [1.29, 1.82) is 0 Å². The number of rotatable bonds is 38. The van der Waals surface area contributed by atoms with Gasteiger partial charge in [-0.25, -0.2) is 0 Å². The molecule has 0 saturated carbocycles. The molecule has 0 aliphatic rings. The van der Waals surface area contributed by atoms with Gasteiger partial charge in [-0.3, -0.25) is 9.59 Å². The zero-order valence-corrected chi connectivity index (χ0v) is 40.5. The molecule has 1 rings (SSSR count). The van der Waals surface area contributed by atoms with Gasteiger partial charge in [0.15, 0.2) is 5.41 Å². The lowest BCUT2D eigenvalue weighted by molar-refractivity contribution is -0.171. The van der Waals surface area contributed by atoms with Crippen molar-refractivity contribution in [2.45, 2.75) is 291 Å². The van der Waals surface area contributed by atoms with Crippen LogP contribution in [0.1, 0.15) is 290 Å². The van der Waals surface area contributed by atoms with E-state index < -0.39 is 17.4 Å². The molecule has 0 atom stereocenters. The molecule has 0 aromatic heterocycles. The normalized spacial score (nSPS) is 12.3. The van der Waals surface area contributed by atoms with E-state index in [1.165, 1.54) is 167 Å². The first-order valence-corrected chi connectivity index (χ1v) is 25.5. The van der Waals surface area contributed by atoms with Gasteiger partial charge >= 0.3 is 11.9 Å². The van der Waals surface area contributed by atoms with Gasteiger partial charge in [-0.05, 0) is 40.9 Å². The van der Waals surface area contributed by atoms with Gasteiger partial charge < -0.3 is 14.9 Å². The Morgan fingerprint density at radius 3 is 1.05 bits per heavy atom. The molecule has 2 N–H and O–H groups in total. The highest BCUT2D eigenvalue weighted by Gasteiger charge is 2.46. The van der Waals surface area contributed by atoms with Crippen molar-refractivity contribution in [2.75, 3.05) is 0 Å². The lowest BCUT2D eigenvalue weighted by Gasteiger charge is -2.29. The van der Waals surface area contributed by atoms with Crippen LogP contribution in [0.15, 0.2) is 12.1 Å². The zero-order valence-electron chi connectivity index (χ0n) is 40.5. The number of phenolic OH excluding ortho intramolecular Hbond substituents is 1.